The molecule has 7 rings (SSSR count). The van der Waals surface area contributed by atoms with Gasteiger partial charge in [0.15, 0.2) is 0 Å². The van der Waals surface area contributed by atoms with Crippen LogP contribution >= 0.6 is 0 Å². The molecule has 0 bridgehead atoms. The molecule has 0 saturated carbocycles. The number of hydrogen-bond acceptors (Lipinski definition) is 6. The molecule has 3 aliphatic rings. The molecule has 0 spiro atoms. The van der Waals surface area contributed by atoms with Crippen molar-refractivity contribution in [2.24, 2.45) is 5.92 Å². The Morgan fingerprint density at radius 2 is 1.62 bits per heavy atom. The van der Waals surface area contributed by atoms with E-state index in [4.69, 9.17) is 15.0 Å². The van der Waals surface area contributed by atoms with Gasteiger partial charge in [-0.2, -0.15) is 0 Å². The van der Waals surface area contributed by atoms with Crippen molar-refractivity contribution in [2.45, 2.75) is 51.9 Å². The summed E-state index contributed by atoms with van der Waals surface area (Å²) >= 11 is 0. The Bertz CT molecular complexity index is 1520. The lowest BCUT2D eigenvalue weighted by molar-refractivity contribution is 0.436. The van der Waals surface area contributed by atoms with Crippen LogP contribution in [0, 0.1) is 12.8 Å². The van der Waals surface area contributed by atoms with Crippen molar-refractivity contribution < 1.29 is 0 Å². The van der Waals surface area contributed by atoms with E-state index in [0.29, 0.717) is 5.92 Å². The second kappa shape index (κ2) is 10.5. The number of hydrogen-bond donors (Lipinski definition) is 1. The molecule has 5 heterocycles. The number of allylic oxidation sites excluding steroid dienone is 1. The van der Waals surface area contributed by atoms with Gasteiger partial charge < -0.3 is 14.8 Å². The predicted molar refractivity (Wildman–Crippen MR) is 161 cm³/mol. The van der Waals surface area contributed by atoms with Crippen LogP contribution in [0.4, 0.5) is 11.6 Å². The first-order valence-electron chi connectivity index (χ1n) is 14.7. The average Bonchev–Trinajstić information content (AvgIpc) is 3.62. The van der Waals surface area contributed by atoms with E-state index < -0.39 is 0 Å². The Kier molecular flexibility index (Phi) is 6.58. The molecule has 2 saturated heterocycles. The smallest absolute Gasteiger partial charge is 0.139 e. The molecule has 0 unspecified atom stereocenters. The van der Waals surface area contributed by atoms with Crippen molar-refractivity contribution in [3.63, 3.8) is 0 Å². The number of aryl methyl sites for hydroxylation is 1. The Morgan fingerprint density at radius 3 is 2.42 bits per heavy atom. The van der Waals surface area contributed by atoms with Gasteiger partial charge >= 0.3 is 0 Å². The van der Waals surface area contributed by atoms with Crippen LogP contribution in [0.25, 0.3) is 22.9 Å². The molecule has 3 aromatic heterocycles. The highest BCUT2D eigenvalue weighted by Gasteiger charge is 2.28. The molecule has 0 atom stereocenters. The summed E-state index contributed by atoms with van der Waals surface area (Å²) in [5.41, 5.74) is 8.24. The number of rotatable bonds is 5. The molecule has 7 nitrogen and oxygen atoms in total. The first kappa shape index (κ1) is 25.0. The SMILES string of the molecule is Cc1[nH]c(C2CCN(c3ncnc4c3C=C(c3ccnc(N5CCC(C)CC5)c3)C4)CC2)nc1-c1ccccc1. The monoisotopic (exact) mass is 531 g/mol. The number of nitrogens with zero attached hydrogens (tertiary/aromatic N) is 6. The third-order valence-electron chi connectivity index (χ3n) is 8.98. The Balaban J connectivity index is 1.07. The molecule has 2 fully saturated rings. The summed E-state index contributed by atoms with van der Waals surface area (Å²) in [7, 11) is 0. The number of nitrogens with one attached hydrogen (secondary N) is 1. The highest BCUT2D eigenvalue weighted by molar-refractivity contribution is 5.91. The van der Waals surface area contributed by atoms with E-state index >= 15 is 0 Å². The van der Waals surface area contributed by atoms with Crippen LogP contribution in [0.3, 0.4) is 0 Å². The fourth-order valence-electron chi connectivity index (χ4n) is 6.50. The van der Waals surface area contributed by atoms with Gasteiger partial charge in [-0.25, -0.2) is 19.9 Å². The summed E-state index contributed by atoms with van der Waals surface area (Å²) in [5.74, 6) is 4.52. The zero-order valence-electron chi connectivity index (χ0n) is 23.5. The van der Waals surface area contributed by atoms with Gasteiger partial charge in [-0.05, 0) is 67.9 Å². The number of H-pyrrole nitrogens is 1. The van der Waals surface area contributed by atoms with Gasteiger partial charge in [-0.15, -0.1) is 0 Å². The first-order valence-corrected chi connectivity index (χ1v) is 14.7. The van der Waals surface area contributed by atoms with E-state index in [9.17, 15) is 0 Å². The largest absolute Gasteiger partial charge is 0.357 e. The van der Waals surface area contributed by atoms with Crippen molar-refractivity contribution in [1.82, 2.24) is 24.9 Å². The summed E-state index contributed by atoms with van der Waals surface area (Å²) in [6.45, 7) is 8.58. The van der Waals surface area contributed by atoms with Gasteiger partial charge in [-0.3, -0.25) is 0 Å². The third kappa shape index (κ3) is 4.78. The number of piperidine rings is 2. The lowest BCUT2D eigenvalue weighted by Crippen LogP contribution is -2.34. The number of benzene rings is 1. The van der Waals surface area contributed by atoms with Crippen molar-refractivity contribution >= 4 is 23.3 Å². The molecule has 0 radical (unpaired) electrons. The maximum absolute atomic E-state index is 5.03. The van der Waals surface area contributed by atoms with Crippen molar-refractivity contribution in [2.75, 3.05) is 36.0 Å². The average molecular weight is 532 g/mol. The van der Waals surface area contributed by atoms with Crippen molar-refractivity contribution in [3.8, 4) is 11.3 Å². The fourth-order valence-corrected chi connectivity index (χ4v) is 6.50. The molecular formula is C33H37N7. The lowest BCUT2D eigenvalue weighted by Gasteiger charge is -2.32. The van der Waals surface area contributed by atoms with E-state index in [1.54, 1.807) is 6.33 Å². The summed E-state index contributed by atoms with van der Waals surface area (Å²) in [4.78, 5) is 27.7. The van der Waals surface area contributed by atoms with E-state index in [2.05, 4.69) is 82.2 Å². The summed E-state index contributed by atoms with van der Waals surface area (Å²) in [6.07, 6.45) is 11.4. The minimum Gasteiger partial charge on any atom is -0.357 e. The summed E-state index contributed by atoms with van der Waals surface area (Å²) in [5, 5.41) is 0. The van der Waals surface area contributed by atoms with Crippen LogP contribution in [-0.4, -0.2) is 51.1 Å². The Hall–Kier alpha value is -4.00. The number of fused-ring (bicyclic) bond motifs is 1. The molecule has 40 heavy (non-hydrogen) atoms. The van der Waals surface area contributed by atoms with E-state index in [1.807, 2.05) is 6.20 Å². The minimum atomic E-state index is 0.432. The molecule has 1 aromatic carbocycles. The van der Waals surface area contributed by atoms with Crippen LogP contribution in [0.2, 0.25) is 0 Å². The van der Waals surface area contributed by atoms with Crippen LogP contribution in [-0.2, 0) is 6.42 Å². The lowest BCUT2D eigenvalue weighted by atomic mass is 9.96. The van der Waals surface area contributed by atoms with Crippen LogP contribution < -0.4 is 9.80 Å². The number of anilines is 2. The molecule has 1 N–H and O–H groups in total. The molecule has 4 aromatic rings. The van der Waals surface area contributed by atoms with Crippen LogP contribution in [0.15, 0.2) is 55.0 Å². The highest BCUT2D eigenvalue weighted by atomic mass is 15.2. The standard InChI is InChI=1S/C33H37N7/c1-22-9-14-39(15-10-22)30-20-26(8-13-34-30)27-18-28-29(19-27)35-21-36-33(28)40-16-11-25(12-17-40)32-37-23(2)31(38-32)24-6-4-3-5-7-24/h3-8,13,18,20-22,25H,9-12,14-17,19H2,1-2H3,(H,37,38). The quantitative estimate of drug-likeness (QED) is 0.326. The third-order valence-corrected chi connectivity index (χ3v) is 8.98. The van der Waals surface area contributed by atoms with Gasteiger partial charge in [-0.1, -0.05) is 37.3 Å². The Labute approximate surface area is 236 Å². The normalized spacial score (nSPS) is 18.2. The van der Waals surface area contributed by atoms with E-state index in [-0.39, 0.29) is 0 Å². The second-order valence-electron chi connectivity index (χ2n) is 11.7. The van der Waals surface area contributed by atoms with E-state index in [0.717, 1.165) is 85.9 Å². The molecule has 2 aliphatic heterocycles. The van der Waals surface area contributed by atoms with Gasteiger partial charge in [0.05, 0.1) is 11.4 Å². The summed E-state index contributed by atoms with van der Waals surface area (Å²) in [6, 6.07) is 14.9. The van der Waals surface area contributed by atoms with Gasteiger partial charge in [0.2, 0.25) is 0 Å². The van der Waals surface area contributed by atoms with Gasteiger partial charge in [0.25, 0.3) is 0 Å². The summed E-state index contributed by atoms with van der Waals surface area (Å²) < 4.78 is 0. The molecule has 1 aliphatic carbocycles. The second-order valence-corrected chi connectivity index (χ2v) is 11.7. The maximum atomic E-state index is 5.03. The number of aromatic amines is 1. The predicted octanol–water partition coefficient (Wildman–Crippen LogP) is 6.29. The van der Waals surface area contributed by atoms with Gasteiger partial charge in [0, 0.05) is 61.5 Å². The zero-order chi connectivity index (χ0) is 27.1. The minimum absolute atomic E-state index is 0.432. The Morgan fingerprint density at radius 1 is 0.850 bits per heavy atom. The highest BCUT2D eigenvalue weighted by Crippen LogP contribution is 2.38. The fraction of sp³-hybridized carbons (Fsp3) is 0.394. The molecule has 204 valence electrons. The number of pyridine rings is 1. The van der Waals surface area contributed by atoms with E-state index in [1.165, 1.54) is 35.1 Å². The first-order chi connectivity index (χ1) is 19.6. The van der Waals surface area contributed by atoms with Gasteiger partial charge in [0.1, 0.15) is 23.8 Å². The van der Waals surface area contributed by atoms with Crippen LogP contribution in [0.5, 0.6) is 0 Å². The molecule has 0 amide bonds. The molecule has 7 heteroatoms. The van der Waals surface area contributed by atoms with Crippen molar-refractivity contribution in [1.29, 1.82) is 0 Å². The zero-order valence-corrected chi connectivity index (χ0v) is 23.5. The number of imidazole rings is 1. The topological polar surface area (TPSA) is 73.8 Å². The van der Waals surface area contributed by atoms with Crippen LogP contribution in [0.1, 0.15) is 66.9 Å². The maximum Gasteiger partial charge on any atom is 0.139 e. The molecular weight excluding hydrogens is 494 g/mol. The number of aromatic nitrogens is 5. The van der Waals surface area contributed by atoms with Crippen molar-refractivity contribution in [3.05, 3.63) is 83.3 Å².